The molecule has 0 aliphatic heterocycles. The van der Waals surface area contributed by atoms with Crippen LogP contribution in [-0.2, 0) is 6.42 Å². The summed E-state index contributed by atoms with van der Waals surface area (Å²) in [6, 6.07) is 1.89. The Balaban J connectivity index is 2.19. The Morgan fingerprint density at radius 2 is 2.42 bits per heavy atom. The fraction of sp³-hybridized carbons (Fsp3) is 0.600. The second-order valence-corrected chi connectivity index (χ2v) is 3.43. The first-order chi connectivity index (χ1) is 5.83. The molecule has 1 unspecified atom stereocenters. The smallest absolute Gasteiger partial charge is 0.109 e. The van der Waals surface area contributed by atoms with Crippen LogP contribution in [0, 0.1) is 5.92 Å². The topological polar surface area (TPSA) is 33.4 Å². The van der Waals surface area contributed by atoms with Crippen LogP contribution in [0.5, 0.6) is 0 Å². The molecule has 0 spiro atoms. The van der Waals surface area contributed by atoms with Crippen molar-refractivity contribution >= 4 is 0 Å². The predicted molar refractivity (Wildman–Crippen MR) is 45.8 cm³/mol. The van der Waals surface area contributed by atoms with Gasteiger partial charge in [-0.3, -0.25) is 0 Å². The quantitative estimate of drug-likeness (QED) is 0.747. The highest BCUT2D eigenvalue weighted by Gasteiger charge is 2.32. The van der Waals surface area contributed by atoms with Crippen molar-refractivity contribution in [3.05, 3.63) is 23.7 Å². The molecule has 1 heterocycles. The Labute approximate surface area is 72.2 Å². The third-order valence-corrected chi connectivity index (χ3v) is 2.49. The van der Waals surface area contributed by atoms with Gasteiger partial charge in [0.05, 0.1) is 12.4 Å². The van der Waals surface area contributed by atoms with E-state index in [-0.39, 0.29) is 6.10 Å². The summed E-state index contributed by atoms with van der Waals surface area (Å²) in [5, 5.41) is 9.80. The average molecular weight is 166 g/mol. The maximum absolute atomic E-state index is 9.80. The van der Waals surface area contributed by atoms with Crippen molar-refractivity contribution in [2.75, 3.05) is 0 Å². The minimum atomic E-state index is -0.279. The van der Waals surface area contributed by atoms with Crippen LogP contribution in [0.1, 0.15) is 37.2 Å². The van der Waals surface area contributed by atoms with Crippen LogP contribution in [-0.4, -0.2) is 5.11 Å². The molecule has 12 heavy (non-hydrogen) atoms. The lowest BCUT2D eigenvalue weighted by Gasteiger charge is -2.07. The first kappa shape index (κ1) is 7.87. The van der Waals surface area contributed by atoms with Gasteiger partial charge in [0.2, 0.25) is 0 Å². The fourth-order valence-corrected chi connectivity index (χ4v) is 1.57. The summed E-state index contributed by atoms with van der Waals surface area (Å²) < 4.78 is 5.25. The Kier molecular flexibility index (Phi) is 1.93. The van der Waals surface area contributed by atoms with E-state index in [1.165, 1.54) is 0 Å². The Morgan fingerprint density at radius 1 is 1.67 bits per heavy atom. The third-order valence-electron chi connectivity index (χ3n) is 2.49. The zero-order valence-electron chi connectivity index (χ0n) is 7.29. The van der Waals surface area contributed by atoms with Crippen LogP contribution in [0.25, 0.3) is 0 Å². The van der Waals surface area contributed by atoms with Crippen molar-refractivity contribution in [3.63, 3.8) is 0 Å². The molecule has 1 aliphatic carbocycles. The lowest BCUT2D eigenvalue weighted by molar-refractivity contribution is 0.151. The summed E-state index contributed by atoms with van der Waals surface area (Å²) >= 11 is 0. The van der Waals surface area contributed by atoms with E-state index in [2.05, 4.69) is 0 Å². The predicted octanol–water partition coefficient (Wildman–Crippen LogP) is 2.29. The number of aliphatic hydroxyl groups is 1. The molecular weight excluding hydrogens is 152 g/mol. The molecule has 66 valence electrons. The number of aliphatic hydroxyl groups excluding tert-OH is 1. The van der Waals surface area contributed by atoms with E-state index in [0.29, 0.717) is 5.92 Å². The molecule has 0 amide bonds. The summed E-state index contributed by atoms with van der Waals surface area (Å²) in [4.78, 5) is 0. The van der Waals surface area contributed by atoms with Crippen molar-refractivity contribution in [2.24, 2.45) is 5.92 Å². The van der Waals surface area contributed by atoms with Gasteiger partial charge in [-0.05, 0) is 24.8 Å². The molecule has 1 aromatic rings. The minimum Gasteiger partial charge on any atom is -0.469 e. The van der Waals surface area contributed by atoms with Crippen molar-refractivity contribution < 1.29 is 9.52 Å². The molecule has 2 nitrogen and oxygen atoms in total. The SMILES string of the molecule is CCc1occc1C(O)C1CC1. The van der Waals surface area contributed by atoms with Gasteiger partial charge in [-0.1, -0.05) is 6.92 Å². The maximum atomic E-state index is 9.80. The maximum Gasteiger partial charge on any atom is 0.109 e. The third kappa shape index (κ3) is 1.27. The highest BCUT2D eigenvalue weighted by Crippen LogP contribution is 2.42. The van der Waals surface area contributed by atoms with Gasteiger partial charge < -0.3 is 9.52 Å². The van der Waals surface area contributed by atoms with Crippen molar-refractivity contribution in [3.8, 4) is 0 Å². The molecule has 2 rings (SSSR count). The fourth-order valence-electron chi connectivity index (χ4n) is 1.57. The number of rotatable bonds is 3. The highest BCUT2D eigenvalue weighted by molar-refractivity contribution is 5.21. The summed E-state index contributed by atoms with van der Waals surface area (Å²) in [6.07, 6.45) is 4.58. The molecule has 1 aromatic heterocycles. The number of furan rings is 1. The van der Waals surface area contributed by atoms with Gasteiger partial charge in [-0.2, -0.15) is 0 Å². The molecule has 0 aromatic carbocycles. The summed E-state index contributed by atoms with van der Waals surface area (Å²) in [7, 11) is 0. The summed E-state index contributed by atoms with van der Waals surface area (Å²) in [6.45, 7) is 2.04. The molecule has 1 fully saturated rings. The van der Waals surface area contributed by atoms with E-state index < -0.39 is 0 Å². The van der Waals surface area contributed by atoms with Crippen LogP contribution < -0.4 is 0 Å². The van der Waals surface area contributed by atoms with Gasteiger partial charge in [0, 0.05) is 12.0 Å². The molecule has 1 N–H and O–H groups in total. The van der Waals surface area contributed by atoms with Crippen LogP contribution in [0.3, 0.4) is 0 Å². The van der Waals surface area contributed by atoms with E-state index in [1.54, 1.807) is 6.26 Å². The van der Waals surface area contributed by atoms with Gasteiger partial charge in [0.25, 0.3) is 0 Å². The second-order valence-electron chi connectivity index (χ2n) is 3.43. The van der Waals surface area contributed by atoms with Crippen LogP contribution in [0.4, 0.5) is 0 Å². The van der Waals surface area contributed by atoms with E-state index in [9.17, 15) is 5.11 Å². The van der Waals surface area contributed by atoms with Crippen LogP contribution in [0.2, 0.25) is 0 Å². The lowest BCUT2D eigenvalue weighted by Crippen LogP contribution is -2.00. The molecule has 1 atom stereocenters. The summed E-state index contributed by atoms with van der Waals surface area (Å²) in [5.74, 6) is 1.43. The monoisotopic (exact) mass is 166 g/mol. The Bertz CT molecular complexity index is 261. The van der Waals surface area contributed by atoms with Gasteiger partial charge in [0.15, 0.2) is 0 Å². The second kappa shape index (κ2) is 2.94. The van der Waals surface area contributed by atoms with Crippen molar-refractivity contribution in [1.82, 2.24) is 0 Å². The zero-order chi connectivity index (χ0) is 8.55. The van der Waals surface area contributed by atoms with Gasteiger partial charge in [0.1, 0.15) is 5.76 Å². The first-order valence-corrected chi connectivity index (χ1v) is 4.57. The van der Waals surface area contributed by atoms with Gasteiger partial charge in [-0.15, -0.1) is 0 Å². The molecule has 1 aliphatic rings. The van der Waals surface area contributed by atoms with E-state index in [1.807, 2.05) is 13.0 Å². The van der Waals surface area contributed by atoms with Gasteiger partial charge in [-0.25, -0.2) is 0 Å². The normalized spacial score (nSPS) is 19.5. The Morgan fingerprint density at radius 3 is 3.00 bits per heavy atom. The van der Waals surface area contributed by atoms with E-state index in [4.69, 9.17) is 4.42 Å². The van der Waals surface area contributed by atoms with Crippen molar-refractivity contribution in [2.45, 2.75) is 32.3 Å². The van der Waals surface area contributed by atoms with E-state index in [0.717, 1.165) is 30.6 Å². The zero-order valence-corrected chi connectivity index (χ0v) is 7.29. The van der Waals surface area contributed by atoms with Gasteiger partial charge >= 0.3 is 0 Å². The molecule has 0 bridgehead atoms. The lowest BCUT2D eigenvalue weighted by atomic mass is 10.1. The average Bonchev–Trinajstić information content (AvgIpc) is 2.82. The first-order valence-electron chi connectivity index (χ1n) is 4.57. The number of hydrogen-bond acceptors (Lipinski definition) is 2. The largest absolute Gasteiger partial charge is 0.469 e. The number of aryl methyl sites for hydroxylation is 1. The molecule has 0 saturated heterocycles. The van der Waals surface area contributed by atoms with Crippen LogP contribution >= 0.6 is 0 Å². The van der Waals surface area contributed by atoms with Crippen molar-refractivity contribution in [1.29, 1.82) is 0 Å². The molecule has 2 heteroatoms. The molecule has 0 radical (unpaired) electrons. The number of hydrogen-bond donors (Lipinski definition) is 1. The molecular formula is C10H14O2. The summed E-state index contributed by atoms with van der Waals surface area (Å²) in [5.41, 5.74) is 1.00. The Hall–Kier alpha value is -0.760. The highest BCUT2D eigenvalue weighted by atomic mass is 16.3. The minimum absolute atomic E-state index is 0.279. The van der Waals surface area contributed by atoms with E-state index >= 15 is 0 Å². The molecule has 1 saturated carbocycles. The van der Waals surface area contributed by atoms with Crippen LogP contribution in [0.15, 0.2) is 16.7 Å². The standard InChI is InChI=1S/C10H14O2/c1-2-9-8(5-6-12-9)10(11)7-3-4-7/h5-7,10-11H,2-4H2,1H3.